The lowest BCUT2D eigenvalue weighted by Crippen LogP contribution is -2.50. The van der Waals surface area contributed by atoms with E-state index in [4.69, 9.17) is 10.4 Å². The zero-order chi connectivity index (χ0) is 10.8. The van der Waals surface area contributed by atoms with E-state index in [-0.39, 0.29) is 5.92 Å². The number of nitrogens with zero attached hydrogens (tertiary/aromatic N) is 3. The first-order chi connectivity index (χ1) is 7.20. The van der Waals surface area contributed by atoms with Crippen molar-refractivity contribution in [3.63, 3.8) is 0 Å². The van der Waals surface area contributed by atoms with Crippen LogP contribution in [0, 0.1) is 17.2 Å². The van der Waals surface area contributed by atoms with Crippen molar-refractivity contribution in [1.29, 1.82) is 5.26 Å². The summed E-state index contributed by atoms with van der Waals surface area (Å²) in [5.74, 6) is -0.410. The average Bonchev–Trinajstić information content (AvgIpc) is 2.15. The van der Waals surface area contributed by atoms with Crippen LogP contribution in [0.25, 0.3) is 0 Å². The molecule has 0 aliphatic carbocycles. The number of aliphatic carboxylic acids is 1. The Labute approximate surface area is 86.6 Å². The lowest BCUT2D eigenvalue weighted by Gasteiger charge is -2.37. The van der Waals surface area contributed by atoms with Crippen LogP contribution in [0.1, 0.15) is 5.56 Å². The van der Waals surface area contributed by atoms with Gasteiger partial charge >= 0.3 is 5.97 Å². The van der Waals surface area contributed by atoms with Crippen LogP contribution >= 0.6 is 0 Å². The smallest absolute Gasteiger partial charge is 0.310 e. The summed E-state index contributed by atoms with van der Waals surface area (Å²) in [7, 11) is 0. The third-order valence-corrected chi connectivity index (χ3v) is 2.43. The largest absolute Gasteiger partial charge is 0.481 e. The summed E-state index contributed by atoms with van der Waals surface area (Å²) in [5, 5.41) is 17.4. The van der Waals surface area contributed by atoms with Crippen LogP contribution < -0.4 is 4.90 Å². The molecule has 0 radical (unpaired) electrons. The van der Waals surface area contributed by atoms with Crippen molar-refractivity contribution in [2.45, 2.75) is 0 Å². The molecule has 1 fully saturated rings. The molecule has 76 valence electrons. The van der Waals surface area contributed by atoms with Gasteiger partial charge in [-0.25, -0.2) is 4.98 Å². The normalized spacial score (nSPS) is 15.5. The molecule has 2 rings (SSSR count). The van der Waals surface area contributed by atoms with E-state index in [2.05, 4.69) is 4.98 Å². The van der Waals surface area contributed by atoms with E-state index < -0.39 is 5.97 Å². The summed E-state index contributed by atoms with van der Waals surface area (Å²) in [4.78, 5) is 16.5. The molecule has 0 spiro atoms. The highest BCUT2D eigenvalue weighted by Gasteiger charge is 2.33. The molecule has 5 nitrogen and oxygen atoms in total. The monoisotopic (exact) mass is 203 g/mol. The van der Waals surface area contributed by atoms with Crippen molar-refractivity contribution in [1.82, 2.24) is 4.98 Å². The summed E-state index contributed by atoms with van der Waals surface area (Å²) < 4.78 is 0. The molecule has 5 heteroatoms. The van der Waals surface area contributed by atoms with Crippen LogP contribution in [0.4, 0.5) is 5.82 Å². The first-order valence-electron chi connectivity index (χ1n) is 4.54. The Bertz CT molecular complexity index is 433. The first kappa shape index (κ1) is 9.46. The van der Waals surface area contributed by atoms with Crippen molar-refractivity contribution in [3.8, 4) is 6.07 Å². The molecule has 0 saturated carbocycles. The maximum absolute atomic E-state index is 10.6. The minimum Gasteiger partial charge on any atom is -0.481 e. The lowest BCUT2D eigenvalue weighted by molar-refractivity contribution is -0.142. The van der Waals surface area contributed by atoms with Crippen molar-refractivity contribution in [2.75, 3.05) is 18.0 Å². The van der Waals surface area contributed by atoms with Gasteiger partial charge in [-0.2, -0.15) is 5.26 Å². The molecule has 2 heterocycles. The number of nitriles is 1. The summed E-state index contributed by atoms with van der Waals surface area (Å²) in [6.45, 7) is 0.939. The highest BCUT2D eigenvalue weighted by atomic mass is 16.4. The third-order valence-electron chi connectivity index (χ3n) is 2.43. The summed E-state index contributed by atoms with van der Waals surface area (Å²) in [6.07, 6.45) is 1.56. The fourth-order valence-corrected chi connectivity index (χ4v) is 1.48. The highest BCUT2D eigenvalue weighted by Crippen LogP contribution is 2.23. The predicted octanol–water partition coefficient (Wildman–Crippen LogP) is 0.474. The van der Waals surface area contributed by atoms with E-state index in [0.717, 1.165) is 0 Å². The number of carboxylic acids is 1. The van der Waals surface area contributed by atoms with Crippen molar-refractivity contribution in [3.05, 3.63) is 23.9 Å². The fraction of sp³-hybridized carbons (Fsp3) is 0.300. The van der Waals surface area contributed by atoms with Crippen molar-refractivity contribution >= 4 is 11.8 Å². The van der Waals surface area contributed by atoms with E-state index in [0.29, 0.717) is 24.5 Å². The van der Waals surface area contributed by atoms with Gasteiger partial charge in [0, 0.05) is 19.3 Å². The van der Waals surface area contributed by atoms with Crippen LogP contribution in [0.3, 0.4) is 0 Å². The minimum atomic E-state index is -0.775. The molecule has 1 saturated heterocycles. The number of aromatic nitrogens is 1. The molecule has 1 N–H and O–H groups in total. The van der Waals surface area contributed by atoms with Gasteiger partial charge in [-0.1, -0.05) is 0 Å². The predicted molar refractivity (Wildman–Crippen MR) is 52.3 cm³/mol. The second-order valence-electron chi connectivity index (χ2n) is 3.45. The zero-order valence-electron chi connectivity index (χ0n) is 7.92. The number of hydrogen-bond donors (Lipinski definition) is 1. The molecular formula is C10H9N3O2. The molecule has 0 aromatic carbocycles. The van der Waals surface area contributed by atoms with E-state index in [9.17, 15) is 4.79 Å². The van der Waals surface area contributed by atoms with Gasteiger partial charge < -0.3 is 10.0 Å². The van der Waals surface area contributed by atoms with Gasteiger partial charge in [-0.05, 0) is 12.1 Å². The number of hydrogen-bond acceptors (Lipinski definition) is 4. The molecule has 15 heavy (non-hydrogen) atoms. The molecular weight excluding hydrogens is 194 g/mol. The number of carboxylic acid groups (broad SMARTS) is 1. The van der Waals surface area contributed by atoms with Crippen LogP contribution in [-0.4, -0.2) is 29.1 Å². The molecule has 0 bridgehead atoms. The fourth-order valence-electron chi connectivity index (χ4n) is 1.48. The SMILES string of the molecule is N#Cc1ccnc(N2CC(C(=O)O)C2)c1. The summed E-state index contributed by atoms with van der Waals surface area (Å²) in [5.41, 5.74) is 0.541. The molecule has 0 atom stereocenters. The zero-order valence-corrected chi connectivity index (χ0v) is 7.92. The van der Waals surface area contributed by atoms with E-state index >= 15 is 0 Å². The van der Waals surface area contributed by atoms with Gasteiger partial charge in [0.15, 0.2) is 0 Å². The molecule has 1 aromatic rings. The standard InChI is InChI=1S/C10H9N3O2/c11-4-7-1-2-12-9(3-7)13-5-8(6-13)10(14)15/h1-3,8H,5-6H2,(H,14,15). The van der Waals surface area contributed by atoms with Crippen LogP contribution in [0.15, 0.2) is 18.3 Å². The minimum absolute atomic E-state index is 0.308. The van der Waals surface area contributed by atoms with Crippen LogP contribution in [0.5, 0.6) is 0 Å². The Hall–Kier alpha value is -2.09. The molecule has 1 aromatic heterocycles. The Kier molecular flexibility index (Phi) is 2.26. The second kappa shape index (κ2) is 3.58. The Balaban J connectivity index is 2.07. The van der Waals surface area contributed by atoms with Crippen molar-refractivity contribution < 1.29 is 9.90 Å². The van der Waals surface area contributed by atoms with E-state index in [1.54, 1.807) is 18.3 Å². The maximum atomic E-state index is 10.6. The van der Waals surface area contributed by atoms with Gasteiger partial charge in [0.1, 0.15) is 5.82 Å². The van der Waals surface area contributed by atoms with Gasteiger partial charge in [-0.15, -0.1) is 0 Å². The van der Waals surface area contributed by atoms with Gasteiger partial charge in [0.05, 0.1) is 17.6 Å². The van der Waals surface area contributed by atoms with Gasteiger partial charge in [0.2, 0.25) is 0 Å². The van der Waals surface area contributed by atoms with Crippen LogP contribution in [-0.2, 0) is 4.79 Å². The van der Waals surface area contributed by atoms with Gasteiger partial charge in [-0.3, -0.25) is 4.79 Å². The molecule has 1 aliphatic heterocycles. The molecule has 0 unspecified atom stereocenters. The highest BCUT2D eigenvalue weighted by molar-refractivity contribution is 5.74. The van der Waals surface area contributed by atoms with E-state index in [1.807, 2.05) is 11.0 Å². The average molecular weight is 203 g/mol. The summed E-state index contributed by atoms with van der Waals surface area (Å²) >= 11 is 0. The van der Waals surface area contributed by atoms with Gasteiger partial charge in [0.25, 0.3) is 0 Å². The molecule has 1 aliphatic rings. The maximum Gasteiger partial charge on any atom is 0.310 e. The number of rotatable bonds is 2. The number of carbonyl (C=O) groups is 1. The van der Waals surface area contributed by atoms with E-state index in [1.165, 1.54) is 0 Å². The topological polar surface area (TPSA) is 77.2 Å². The lowest BCUT2D eigenvalue weighted by atomic mass is 10.0. The summed E-state index contributed by atoms with van der Waals surface area (Å²) in [6, 6.07) is 5.31. The van der Waals surface area contributed by atoms with Crippen molar-refractivity contribution in [2.24, 2.45) is 5.92 Å². The first-order valence-corrected chi connectivity index (χ1v) is 4.54. The third kappa shape index (κ3) is 1.74. The molecule has 0 amide bonds. The quantitative estimate of drug-likeness (QED) is 0.756. The Morgan fingerprint density at radius 1 is 1.67 bits per heavy atom. The number of anilines is 1. The Morgan fingerprint density at radius 2 is 2.40 bits per heavy atom. The Morgan fingerprint density at radius 3 is 3.00 bits per heavy atom. The second-order valence-corrected chi connectivity index (χ2v) is 3.45. The van der Waals surface area contributed by atoms with Crippen LogP contribution in [0.2, 0.25) is 0 Å². The number of pyridine rings is 1.